The Bertz CT molecular complexity index is 464. The predicted molar refractivity (Wildman–Crippen MR) is 66.8 cm³/mol. The second-order valence-electron chi connectivity index (χ2n) is 3.72. The van der Waals surface area contributed by atoms with Crippen molar-refractivity contribution in [3.63, 3.8) is 0 Å². The molecule has 1 atom stereocenters. The van der Waals surface area contributed by atoms with Crippen LogP contribution in [0.4, 0.5) is 10.1 Å². The van der Waals surface area contributed by atoms with Gasteiger partial charge in [0, 0.05) is 0 Å². The predicted octanol–water partition coefficient (Wildman–Crippen LogP) is 4.64. The summed E-state index contributed by atoms with van der Waals surface area (Å²) in [7, 11) is 0. The number of nitrogens with one attached hydrogen (secondary N) is 1. The van der Waals surface area contributed by atoms with E-state index >= 15 is 0 Å². The van der Waals surface area contributed by atoms with Gasteiger partial charge in [-0.3, -0.25) is 0 Å². The first kappa shape index (κ1) is 12.0. The summed E-state index contributed by atoms with van der Waals surface area (Å²) >= 11 is 5.96. The van der Waals surface area contributed by atoms with Crippen molar-refractivity contribution in [3.05, 3.63) is 53.2 Å². The second kappa shape index (κ2) is 5.23. The van der Waals surface area contributed by atoms with Gasteiger partial charge >= 0.3 is 0 Å². The minimum absolute atomic E-state index is 0.0839. The van der Waals surface area contributed by atoms with E-state index < -0.39 is 0 Å². The number of benzene rings is 1. The fraction of sp³-hybridized carbons (Fsp3) is 0.231. The molecule has 0 aliphatic carbocycles. The first-order valence-corrected chi connectivity index (χ1v) is 5.84. The minimum atomic E-state index is -0.359. The van der Waals surface area contributed by atoms with Gasteiger partial charge in [-0.1, -0.05) is 24.6 Å². The molecule has 2 rings (SSSR count). The lowest BCUT2D eigenvalue weighted by molar-refractivity contribution is 0.472. The third-order valence-electron chi connectivity index (χ3n) is 2.58. The molecule has 0 radical (unpaired) electrons. The number of rotatable bonds is 4. The van der Waals surface area contributed by atoms with Crippen LogP contribution in [0.1, 0.15) is 25.1 Å². The van der Waals surface area contributed by atoms with Crippen LogP contribution in [-0.2, 0) is 0 Å². The van der Waals surface area contributed by atoms with Gasteiger partial charge in [0.25, 0.3) is 0 Å². The van der Waals surface area contributed by atoms with Gasteiger partial charge in [0.15, 0.2) is 0 Å². The molecule has 0 fully saturated rings. The van der Waals surface area contributed by atoms with Crippen molar-refractivity contribution in [2.24, 2.45) is 0 Å². The van der Waals surface area contributed by atoms with Gasteiger partial charge in [0.2, 0.25) is 0 Å². The zero-order chi connectivity index (χ0) is 12.3. The molecule has 1 unspecified atom stereocenters. The second-order valence-corrected chi connectivity index (χ2v) is 4.12. The topological polar surface area (TPSA) is 25.2 Å². The molecule has 1 aromatic carbocycles. The molecule has 0 aliphatic rings. The summed E-state index contributed by atoms with van der Waals surface area (Å²) in [6, 6.07) is 8.19. The maximum absolute atomic E-state index is 13.6. The standard InChI is InChI=1S/C13H13ClFNO/c1-2-11(12-7-4-8-17-12)16-13-9(14)5-3-6-10(13)15/h3-8,11,16H,2H2,1H3. The summed E-state index contributed by atoms with van der Waals surface area (Å²) in [6.07, 6.45) is 2.38. The zero-order valence-corrected chi connectivity index (χ0v) is 10.2. The maximum Gasteiger partial charge on any atom is 0.147 e. The fourth-order valence-electron chi connectivity index (χ4n) is 1.67. The van der Waals surface area contributed by atoms with Gasteiger partial charge in [-0.15, -0.1) is 0 Å². The third-order valence-corrected chi connectivity index (χ3v) is 2.89. The average Bonchev–Trinajstić information content (AvgIpc) is 2.82. The Balaban J connectivity index is 2.25. The Morgan fingerprint density at radius 3 is 2.76 bits per heavy atom. The van der Waals surface area contributed by atoms with Gasteiger partial charge in [0.05, 0.1) is 23.0 Å². The summed E-state index contributed by atoms with van der Waals surface area (Å²) in [5.74, 6) is 0.411. The summed E-state index contributed by atoms with van der Waals surface area (Å²) in [5, 5.41) is 3.44. The van der Waals surface area contributed by atoms with Crippen molar-refractivity contribution < 1.29 is 8.81 Å². The fourth-order valence-corrected chi connectivity index (χ4v) is 1.89. The van der Waals surface area contributed by atoms with Crippen molar-refractivity contribution in [2.45, 2.75) is 19.4 Å². The minimum Gasteiger partial charge on any atom is -0.467 e. The first-order chi connectivity index (χ1) is 8.22. The number of furan rings is 1. The van der Waals surface area contributed by atoms with E-state index in [1.54, 1.807) is 18.4 Å². The highest BCUT2D eigenvalue weighted by Gasteiger charge is 2.15. The van der Waals surface area contributed by atoms with Crippen LogP contribution in [0, 0.1) is 5.82 Å². The van der Waals surface area contributed by atoms with Gasteiger partial charge < -0.3 is 9.73 Å². The van der Waals surface area contributed by atoms with E-state index in [1.807, 2.05) is 19.1 Å². The highest BCUT2D eigenvalue weighted by atomic mass is 35.5. The summed E-state index contributed by atoms with van der Waals surface area (Å²) in [4.78, 5) is 0. The Morgan fingerprint density at radius 1 is 1.35 bits per heavy atom. The lowest BCUT2D eigenvalue weighted by Gasteiger charge is -2.17. The molecule has 4 heteroatoms. The van der Waals surface area contributed by atoms with Gasteiger partial charge in [0.1, 0.15) is 11.6 Å². The van der Waals surface area contributed by atoms with Crippen LogP contribution in [0.15, 0.2) is 41.0 Å². The molecule has 0 aliphatic heterocycles. The Labute approximate surface area is 104 Å². The monoisotopic (exact) mass is 253 g/mol. The van der Waals surface area contributed by atoms with Crippen LogP contribution in [0.3, 0.4) is 0 Å². The van der Waals surface area contributed by atoms with Crippen LogP contribution >= 0.6 is 11.6 Å². The Hall–Kier alpha value is -1.48. The molecule has 0 bridgehead atoms. The van der Waals surface area contributed by atoms with Crippen molar-refractivity contribution in [1.29, 1.82) is 0 Å². The molecular weight excluding hydrogens is 241 g/mol. The quantitative estimate of drug-likeness (QED) is 0.859. The summed E-state index contributed by atoms with van der Waals surface area (Å²) in [5.41, 5.74) is 0.317. The Kier molecular flexibility index (Phi) is 3.69. The van der Waals surface area contributed by atoms with E-state index in [0.717, 1.165) is 12.2 Å². The van der Waals surface area contributed by atoms with Crippen molar-refractivity contribution in [2.75, 3.05) is 5.32 Å². The molecule has 17 heavy (non-hydrogen) atoms. The van der Waals surface area contributed by atoms with Gasteiger partial charge in [-0.25, -0.2) is 4.39 Å². The summed E-state index contributed by atoms with van der Waals surface area (Å²) < 4.78 is 18.9. The van der Waals surface area contributed by atoms with E-state index in [-0.39, 0.29) is 11.9 Å². The highest BCUT2D eigenvalue weighted by Crippen LogP contribution is 2.30. The smallest absolute Gasteiger partial charge is 0.147 e. The van der Waals surface area contributed by atoms with Crippen LogP contribution in [0.25, 0.3) is 0 Å². The SMILES string of the molecule is CCC(Nc1c(F)cccc1Cl)c1ccco1. The maximum atomic E-state index is 13.6. The molecule has 0 saturated carbocycles. The molecule has 90 valence electrons. The molecule has 1 N–H and O–H groups in total. The normalized spacial score (nSPS) is 12.4. The van der Waals surface area contributed by atoms with Crippen LogP contribution in [0.5, 0.6) is 0 Å². The van der Waals surface area contributed by atoms with Crippen molar-refractivity contribution >= 4 is 17.3 Å². The lowest BCUT2D eigenvalue weighted by Crippen LogP contribution is -2.10. The number of hydrogen-bond donors (Lipinski definition) is 1. The molecule has 2 nitrogen and oxygen atoms in total. The molecule has 0 amide bonds. The lowest BCUT2D eigenvalue weighted by atomic mass is 10.1. The van der Waals surface area contributed by atoms with E-state index in [2.05, 4.69) is 5.32 Å². The molecule has 1 heterocycles. The average molecular weight is 254 g/mol. The number of anilines is 1. The van der Waals surface area contributed by atoms with Crippen LogP contribution in [0.2, 0.25) is 5.02 Å². The number of halogens is 2. The highest BCUT2D eigenvalue weighted by molar-refractivity contribution is 6.33. The number of para-hydroxylation sites is 1. The molecule has 0 saturated heterocycles. The molecule has 2 aromatic rings. The van der Waals surface area contributed by atoms with Gasteiger partial charge in [-0.05, 0) is 30.7 Å². The molecule has 0 spiro atoms. The van der Waals surface area contributed by atoms with Crippen LogP contribution < -0.4 is 5.32 Å². The summed E-state index contributed by atoms with van der Waals surface area (Å²) in [6.45, 7) is 1.99. The van der Waals surface area contributed by atoms with E-state index in [4.69, 9.17) is 16.0 Å². The van der Waals surface area contributed by atoms with Crippen molar-refractivity contribution in [1.82, 2.24) is 0 Å². The largest absolute Gasteiger partial charge is 0.467 e. The van der Waals surface area contributed by atoms with Crippen LogP contribution in [-0.4, -0.2) is 0 Å². The van der Waals surface area contributed by atoms with Crippen molar-refractivity contribution in [3.8, 4) is 0 Å². The third kappa shape index (κ3) is 2.61. The van der Waals surface area contributed by atoms with E-state index in [9.17, 15) is 4.39 Å². The zero-order valence-electron chi connectivity index (χ0n) is 9.41. The Morgan fingerprint density at radius 2 is 2.18 bits per heavy atom. The number of hydrogen-bond acceptors (Lipinski definition) is 2. The van der Waals surface area contributed by atoms with Gasteiger partial charge in [-0.2, -0.15) is 0 Å². The first-order valence-electron chi connectivity index (χ1n) is 5.46. The molecule has 1 aromatic heterocycles. The van der Waals surface area contributed by atoms with E-state index in [0.29, 0.717) is 10.7 Å². The molecular formula is C13H13ClFNO. The van der Waals surface area contributed by atoms with E-state index in [1.165, 1.54) is 6.07 Å².